The van der Waals surface area contributed by atoms with E-state index in [1.54, 1.807) is 0 Å². The van der Waals surface area contributed by atoms with E-state index in [0.29, 0.717) is 18.4 Å². The maximum Gasteiger partial charge on any atom is 0.208 e. The summed E-state index contributed by atoms with van der Waals surface area (Å²) in [5.74, 6) is 2.38. The molecular formula is C11H18N2O. The maximum atomic E-state index is 5.59. The molecule has 0 atom stereocenters. The molecule has 2 rings (SSSR count). The van der Waals surface area contributed by atoms with Crippen molar-refractivity contribution >= 4 is 0 Å². The van der Waals surface area contributed by atoms with E-state index >= 15 is 0 Å². The molecule has 1 fully saturated rings. The summed E-state index contributed by atoms with van der Waals surface area (Å²) in [6.45, 7) is 2.53. The van der Waals surface area contributed by atoms with Crippen LogP contribution in [0.3, 0.4) is 0 Å². The molecule has 0 bridgehead atoms. The fourth-order valence-corrected chi connectivity index (χ4v) is 2.27. The van der Waals surface area contributed by atoms with Gasteiger partial charge in [0.05, 0.1) is 12.2 Å². The lowest BCUT2D eigenvalue weighted by Crippen LogP contribution is -1.99. The molecule has 1 aliphatic rings. The first kappa shape index (κ1) is 9.71. The van der Waals surface area contributed by atoms with Crippen molar-refractivity contribution in [3.8, 4) is 0 Å². The maximum absolute atomic E-state index is 5.59. The summed E-state index contributed by atoms with van der Waals surface area (Å²) in [5, 5.41) is 0. The van der Waals surface area contributed by atoms with Gasteiger partial charge in [0.2, 0.25) is 5.89 Å². The van der Waals surface area contributed by atoms with Gasteiger partial charge in [0.15, 0.2) is 0 Å². The molecule has 0 aromatic carbocycles. The molecule has 0 radical (unpaired) electrons. The zero-order valence-electron chi connectivity index (χ0n) is 8.75. The van der Waals surface area contributed by atoms with Crippen LogP contribution in [0.5, 0.6) is 0 Å². The van der Waals surface area contributed by atoms with Crippen molar-refractivity contribution < 1.29 is 4.42 Å². The lowest BCUT2D eigenvalue weighted by Gasteiger charge is -2.05. The van der Waals surface area contributed by atoms with Crippen LogP contribution < -0.4 is 5.73 Å². The molecule has 0 spiro atoms. The van der Waals surface area contributed by atoms with Gasteiger partial charge in [-0.1, -0.05) is 19.8 Å². The summed E-state index contributed by atoms with van der Waals surface area (Å²) >= 11 is 0. The van der Waals surface area contributed by atoms with Crippen LogP contribution in [0.25, 0.3) is 0 Å². The molecule has 0 amide bonds. The Bertz CT molecular complexity index is 300. The van der Waals surface area contributed by atoms with Crippen LogP contribution in [0, 0.1) is 0 Å². The number of nitrogens with two attached hydrogens (primary N) is 1. The van der Waals surface area contributed by atoms with E-state index in [-0.39, 0.29) is 0 Å². The number of aryl methyl sites for hydroxylation is 1. The summed E-state index contributed by atoms with van der Waals surface area (Å²) in [7, 11) is 0. The number of hydrogen-bond donors (Lipinski definition) is 1. The second-order valence-corrected chi connectivity index (χ2v) is 3.96. The summed E-state index contributed by atoms with van der Waals surface area (Å²) in [6, 6.07) is 0. The highest BCUT2D eigenvalue weighted by Gasteiger charge is 2.23. The van der Waals surface area contributed by atoms with Gasteiger partial charge < -0.3 is 10.2 Å². The molecular weight excluding hydrogens is 176 g/mol. The molecule has 2 N–H and O–H groups in total. The normalized spacial score (nSPS) is 17.9. The molecule has 14 heavy (non-hydrogen) atoms. The number of aromatic nitrogens is 1. The molecule has 1 heterocycles. The van der Waals surface area contributed by atoms with Gasteiger partial charge in [-0.25, -0.2) is 4.98 Å². The van der Waals surface area contributed by atoms with E-state index in [1.165, 1.54) is 31.4 Å². The molecule has 1 aromatic rings. The van der Waals surface area contributed by atoms with E-state index in [9.17, 15) is 0 Å². The van der Waals surface area contributed by atoms with Gasteiger partial charge in [0.25, 0.3) is 0 Å². The zero-order chi connectivity index (χ0) is 9.97. The lowest BCUT2D eigenvalue weighted by molar-refractivity contribution is 0.458. The Morgan fingerprint density at radius 2 is 2.14 bits per heavy atom. The van der Waals surface area contributed by atoms with Crippen LogP contribution in [0.2, 0.25) is 0 Å². The highest BCUT2D eigenvalue weighted by atomic mass is 16.4. The summed E-state index contributed by atoms with van der Waals surface area (Å²) in [6.07, 6.45) is 6.13. The Kier molecular flexibility index (Phi) is 2.87. The minimum atomic E-state index is 0.416. The van der Waals surface area contributed by atoms with Gasteiger partial charge >= 0.3 is 0 Å². The molecule has 0 aliphatic heterocycles. The highest BCUT2D eigenvalue weighted by molar-refractivity contribution is 5.16. The van der Waals surface area contributed by atoms with Crippen molar-refractivity contribution in [2.24, 2.45) is 5.73 Å². The smallest absolute Gasteiger partial charge is 0.208 e. The van der Waals surface area contributed by atoms with Gasteiger partial charge in [0.1, 0.15) is 5.76 Å². The van der Waals surface area contributed by atoms with E-state index in [1.807, 2.05) is 0 Å². The van der Waals surface area contributed by atoms with Crippen molar-refractivity contribution in [2.75, 3.05) is 0 Å². The Morgan fingerprint density at radius 3 is 2.71 bits per heavy atom. The second-order valence-electron chi connectivity index (χ2n) is 3.96. The van der Waals surface area contributed by atoms with Gasteiger partial charge in [-0.15, -0.1) is 0 Å². The fourth-order valence-electron chi connectivity index (χ4n) is 2.27. The van der Waals surface area contributed by atoms with Crippen LogP contribution in [-0.2, 0) is 13.0 Å². The van der Waals surface area contributed by atoms with Crippen LogP contribution in [0.1, 0.15) is 55.9 Å². The van der Waals surface area contributed by atoms with Crippen molar-refractivity contribution in [2.45, 2.75) is 51.5 Å². The highest BCUT2D eigenvalue weighted by Crippen LogP contribution is 2.35. The quantitative estimate of drug-likeness (QED) is 0.803. The molecule has 1 aliphatic carbocycles. The van der Waals surface area contributed by atoms with Crippen LogP contribution in [-0.4, -0.2) is 4.98 Å². The number of rotatable bonds is 3. The molecule has 0 unspecified atom stereocenters. The first-order chi connectivity index (χ1) is 6.85. The van der Waals surface area contributed by atoms with Crippen LogP contribution in [0.4, 0.5) is 0 Å². The third kappa shape index (κ3) is 1.69. The lowest BCUT2D eigenvalue weighted by atomic mass is 10.0. The largest absolute Gasteiger partial charge is 0.444 e. The SMILES string of the molecule is CCc1oc(CN)nc1C1CCCC1. The van der Waals surface area contributed by atoms with E-state index in [4.69, 9.17) is 10.2 Å². The molecule has 0 saturated heterocycles. The minimum Gasteiger partial charge on any atom is -0.444 e. The van der Waals surface area contributed by atoms with Gasteiger partial charge in [-0.3, -0.25) is 0 Å². The van der Waals surface area contributed by atoms with Crippen molar-refractivity contribution in [1.82, 2.24) is 4.98 Å². The standard InChI is InChI=1S/C11H18N2O/c1-2-9-11(8-5-3-4-6-8)13-10(7-12)14-9/h8H,2-7,12H2,1H3. The topological polar surface area (TPSA) is 52.0 Å². The Labute approximate surface area is 84.7 Å². The van der Waals surface area contributed by atoms with Crippen molar-refractivity contribution in [3.63, 3.8) is 0 Å². The molecule has 3 heteroatoms. The van der Waals surface area contributed by atoms with E-state index < -0.39 is 0 Å². The Hall–Kier alpha value is -0.830. The third-order valence-corrected chi connectivity index (χ3v) is 3.01. The predicted octanol–water partition coefficient (Wildman–Crippen LogP) is 2.35. The van der Waals surface area contributed by atoms with Gasteiger partial charge in [0, 0.05) is 12.3 Å². The van der Waals surface area contributed by atoms with Crippen LogP contribution >= 0.6 is 0 Å². The van der Waals surface area contributed by atoms with Gasteiger partial charge in [-0.05, 0) is 12.8 Å². The van der Waals surface area contributed by atoms with Gasteiger partial charge in [-0.2, -0.15) is 0 Å². The predicted molar refractivity (Wildman–Crippen MR) is 55.0 cm³/mol. The monoisotopic (exact) mass is 194 g/mol. The van der Waals surface area contributed by atoms with E-state index in [2.05, 4.69) is 11.9 Å². The second kappa shape index (κ2) is 4.13. The molecule has 1 aromatic heterocycles. The zero-order valence-corrected chi connectivity index (χ0v) is 8.75. The summed E-state index contributed by atoms with van der Waals surface area (Å²) in [4.78, 5) is 4.49. The fraction of sp³-hybridized carbons (Fsp3) is 0.727. The third-order valence-electron chi connectivity index (χ3n) is 3.01. The first-order valence-corrected chi connectivity index (χ1v) is 5.53. The molecule has 78 valence electrons. The number of oxazole rings is 1. The molecule has 1 saturated carbocycles. The average Bonchev–Trinajstić information content (AvgIpc) is 2.85. The van der Waals surface area contributed by atoms with Crippen LogP contribution in [0.15, 0.2) is 4.42 Å². The summed E-state index contributed by atoms with van der Waals surface area (Å²) in [5.41, 5.74) is 6.71. The minimum absolute atomic E-state index is 0.416. The first-order valence-electron chi connectivity index (χ1n) is 5.53. The summed E-state index contributed by atoms with van der Waals surface area (Å²) < 4.78 is 5.59. The average molecular weight is 194 g/mol. The Balaban J connectivity index is 2.25. The van der Waals surface area contributed by atoms with E-state index in [0.717, 1.165) is 12.2 Å². The van der Waals surface area contributed by atoms with Crippen molar-refractivity contribution in [3.05, 3.63) is 17.3 Å². The Morgan fingerprint density at radius 1 is 1.43 bits per heavy atom. The van der Waals surface area contributed by atoms with Crippen molar-refractivity contribution in [1.29, 1.82) is 0 Å². The number of nitrogens with zero attached hydrogens (tertiary/aromatic N) is 1. The molecule has 3 nitrogen and oxygen atoms in total. The number of hydrogen-bond acceptors (Lipinski definition) is 3.